The molecule has 0 spiro atoms. The summed E-state index contributed by atoms with van der Waals surface area (Å²) in [6.07, 6.45) is 15.3. The van der Waals surface area contributed by atoms with Crippen molar-refractivity contribution in [2.45, 2.75) is 0 Å². The number of nitrogens with zero attached hydrogens (tertiary/aromatic N) is 6. The first-order valence-corrected chi connectivity index (χ1v) is 20.4. The van der Waals surface area contributed by atoms with Crippen molar-refractivity contribution < 1.29 is 0 Å². The molecular weight excluding hydrogens is 733 g/mol. The topological polar surface area (TPSA) is 19.4 Å². The molecule has 0 N–H and O–H groups in total. The summed E-state index contributed by atoms with van der Waals surface area (Å²) >= 11 is 0. The molecule has 0 radical (unpaired) electrons. The molecule has 0 atom stereocenters. The van der Waals surface area contributed by atoms with E-state index >= 15 is 0 Å². The van der Waals surface area contributed by atoms with Gasteiger partial charge in [0.1, 0.15) is 0 Å². The molecule has 60 heavy (non-hydrogen) atoms. The highest BCUT2D eigenvalue weighted by molar-refractivity contribution is 5.83. The van der Waals surface area contributed by atoms with Crippen molar-refractivity contribution >= 4 is 56.9 Å². The Kier molecular flexibility index (Phi) is 16.6. The van der Waals surface area contributed by atoms with Crippen LogP contribution < -0.4 is 29.4 Å². The smallest absolute Gasteiger partial charge is 0.0463 e. The first-order valence-electron chi connectivity index (χ1n) is 20.4. The van der Waals surface area contributed by atoms with Gasteiger partial charge >= 0.3 is 0 Å². The maximum atomic E-state index is 3.96. The fourth-order valence-corrected chi connectivity index (χ4v) is 7.28. The lowest BCUT2D eigenvalue weighted by molar-refractivity contribution is 0.956. The zero-order valence-corrected chi connectivity index (χ0v) is 35.2. The van der Waals surface area contributed by atoms with E-state index in [2.05, 4.69) is 203 Å². The van der Waals surface area contributed by atoms with Crippen LogP contribution in [0.3, 0.4) is 0 Å². The molecule has 6 nitrogen and oxygen atoms in total. The Hall–Kier alpha value is -7.18. The molecule has 0 unspecified atom stereocenters. The average molecular weight is 793 g/mol. The normalized spacial score (nSPS) is 10.4. The molecule has 5 rings (SSSR count). The third-order valence-corrected chi connectivity index (χ3v) is 10.1. The lowest BCUT2D eigenvalue weighted by Crippen LogP contribution is -2.23. The van der Waals surface area contributed by atoms with Crippen LogP contribution in [0.25, 0.3) is 0 Å². The monoisotopic (exact) mass is 792 g/mol. The molecule has 0 fully saturated rings. The standard InChI is InChI=1S/C54H60N6/c1-9-37-55(38-10-2)45-17-25-49(26-18-45)59(50-27-19-46(20-28-50)56(39-11-3)40-12-4)53-33-35-54(36-34-53)60(51-29-21-47(22-30-51)57(41-13-5)42-14-6)52-31-23-48(24-32-52)58(43-15-7)44-16-8/h9-36H,1-8,37-44H2. The molecule has 5 aromatic carbocycles. The van der Waals surface area contributed by atoms with Crippen LogP contribution in [0.4, 0.5) is 56.9 Å². The van der Waals surface area contributed by atoms with E-state index in [9.17, 15) is 0 Å². The minimum atomic E-state index is 0.732. The molecule has 0 aliphatic rings. The summed E-state index contributed by atoms with van der Waals surface area (Å²) in [7, 11) is 0. The second-order valence-electron chi connectivity index (χ2n) is 14.2. The van der Waals surface area contributed by atoms with Gasteiger partial charge in [-0.1, -0.05) is 48.6 Å². The van der Waals surface area contributed by atoms with Crippen molar-refractivity contribution in [3.63, 3.8) is 0 Å². The van der Waals surface area contributed by atoms with Crippen molar-refractivity contribution in [3.05, 3.63) is 223 Å². The molecule has 0 bridgehead atoms. The molecule has 0 aliphatic heterocycles. The predicted molar refractivity (Wildman–Crippen MR) is 266 cm³/mol. The zero-order chi connectivity index (χ0) is 42.7. The molecule has 0 aliphatic carbocycles. The molecule has 306 valence electrons. The molecule has 0 amide bonds. The van der Waals surface area contributed by atoms with Crippen LogP contribution in [-0.4, -0.2) is 52.4 Å². The number of rotatable bonds is 26. The van der Waals surface area contributed by atoms with Gasteiger partial charge in [-0.3, -0.25) is 0 Å². The Balaban J connectivity index is 1.59. The minimum Gasteiger partial charge on any atom is -0.364 e. The second kappa shape index (κ2) is 22.7. The number of benzene rings is 5. The van der Waals surface area contributed by atoms with Gasteiger partial charge in [0, 0.05) is 109 Å². The van der Waals surface area contributed by atoms with Crippen LogP contribution in [0.15, 0.2) is 223 Å². The van der Waals surface area contributed by atoms with Gasteiger partial charge in [-0.15, -0.1) is 52.6 Å². The van der Waals surface area contributed by atoms with Gasteiger partial charge in [0.25, 0.3) is 0 Å². The van der Waals surface area contributed by atoms with Gasteiger partial charge in [-0.25, -0.2) is 0 Å². The van der Waals surface area contributed by atoms with Gasteiger partial charge in [0.05, 0.1) is 0 Å². The van der Waals surface area contributed by atoms with E-state index in [1.165, 1.54) is 0 Å². The van der Waals surface area contributed by atoms with E-state index in [-0.39, 0.29) is 0 Å². The van der Waals surface area contributed by atoms with Gasteiger partial charge in [0.2, 0.25) is 0 Å². The van der Waals surface area contributed by atoms with Crippen LogP contribution in [0.5, 0.6) is 0 Å². The van der Waals surface area contributed by atoms with Crippen LogP contribution in [0, 0.1) is 0 Å². The largest absolute Gasteiger partial charge is 0.364 e. The first-order chi connectivity index (χ1) is 29.4. The highest BCUT2D eigenvalue weighted by Crippen LogP contribution is 2.41. The summed E-state index contributed by atoms with van der Waals surface area (Å²) in [6, 6.07) is 43.5. The third kappa shape index (κ3) is 11.1. The van der Waals surface area contributed by atoms with Crippen LogP contribution in [0.1, 0.15) is 0 Å². The first kappa shape index (κ1) is 43.9. The van der Waals surface area contributed by atoms with Crippen LogP contribution in [0.2, 0.25) is 0 Å². The predicted octanol–water partition coefficient (Wildman–Crippen LogP) is 13.3. The Labute approximate surface area is 359 Å². The van der Waals surface area contributed by atoms with Gasteiger partial charge < -0.3 is 29.4 Å². The molecule has 5 aromatic rings. The van der Waals surface area contributed by atoms with Crippen molar-refractivity contribution in [1.82, 2.24) is 0 Å². The summed E-state index contributed by atoms with van der Waals surface area (Å²) in [4.78, 5) is 13.6. The zero-order valence-electron chi connectivity index (χ0n) is 35.2. The summed E-state index contributed by atoms with van der Waals surface area (Å²) < 4.78 is 0. The van der Waals surface area contributed by atoms with Gasteiger partial charge in [0.15, 0.2) is 0 Å². The summed E-state index contributed by atoms with van der Waals surface area (Å²) in [6.45, 7) is 37.6. The van der Waals surface area contributed by atoms with Crippen LogP contribution >= 0.6 is 0 Å². The summed E-state index contributed by atoms with van der Waals surface area (Å²) in [5.74, 6) is 0. The van der Waals surface area contributed by atoms with E-state index in [4.69, 9.17) is 0 Å². The van der Waals surface area contributed by atoms with Crippen molar-refractivity contribution in [3.8, 4) is 0 Å². The SMILES string of the molecule is C=CCN(CC=C)c1ccc(N(c2ccc(N(CC=C)CC=C)cc2)c2ccc(N(c3ccc(N(CC=C)CC=C)cc3)c3ccc(N(CC=C)CC=C)cc3)cc2)cc1. The quantitative estimate of drug-likeness (QED) is 0.0516. The van der Waals surface area contributed by atoms with Crippen molar-refractivity contribution in [1.29, 1.82) is 0 Å². The van der Waals surface area contributed by atoms with Gasteiger partial charge in [-0.05, 0) is 121 Å². The lowest BCUT2D eigenvalue weighted by Gasteiger charge is -2.30. The number of hydrogen-bond donors (Lipinski definition) is 0. The Morgan fingerprint density at radius 2 is 0.333 bits per heavy atom. The van der Waals surface area contributed by atoms with E-state index in [1.807, 2.05) is 48.6 Å². The lowest BCUT2D eigenvalue weighted by atomic mass is 10.1. The van der Waals surface area contributed by atoms with E-state index in [0.717, 1.165) is 109 Å². The maximum Gasteiger partial charge on any atom is 0.0463 e. The third-order valence-electron chi connectivity index (χ3n) is 10.1. The Morgan fingerprint density at radius 1 is 0.217 bits per heavy atom. The molecule has 0 aromatic heterocycles. The highest BCUT2D eigenvalue weighted by Gasteiger charge is 2.18. The van der Waals surface area contributed by atoms with E-state index in [1.54, 1.807) is 0 Å². The molecule has 6 heteroatoms. The van der Waals surface area contributed by atoms with Crippen LogP contribution in [-0.2, 0) is 0 Å². The fraction of sp³-hybridized carbons (Fsp3) is 0.148. The molecular formula is C54H60N6. The Morgan fingerprint density at radius 3 is 0.450 bits per heavy atom. The Bertz CT molecular complexity index is 1830. The van der Waals surface area contributed by atoms with E-state index < -0.39 is 0 Å². The highest BCUT2D eigenvalue weighted by atomic mass is 15.2. The average Bonchev–Trinajstić information content (AvgIpc) is 3.28. The van der Waals surface area contributed by atoms with Crippen molar-refractivity contribution in [2.24, 2.45) is 0 Å². The van der Waals surface area contributed by atoms with E-state index in [0.29, 0.717) is 0 Å². The summed E-state index contributed by atoms with van der Waals surface area (Å²) in [5.41, 5.74) is 10.7. The van der Waals surface area contributed by atoms with Gasteiger partial charge in [-0.2, -0.15) is 0 Å². The fourth-order valence-electron chi connectivity index (χ4n) is 7.28. The maximum absolute atomic E-state index is 3.96. The minimum absolute atomic E-state index is 0.732. The summed E-state index contributed by atoms with van der Waals surface area (Å²) in [5, 5.41) is 0. The molecule has 0 heterocycles. The number of anilines is 10. The molecule has 0 saturated heterocycles. The number of hydrogen-bond acceptors (Lipinski definition) is 6. The second-order valence-corrected chi connectivity index (χ2v) is 14.2. The molecule has 0 saturated carbocycles. The van der Waals surface area contributed by atoms with Crippen molar-refractivity contribution in [2.75, 3.05) is 81.8 Å².